The summed E-state index contributed by atoms with van der Waals surface area (Å²) < 4.78 is 25.4. The average molecular weight is 545 g/mol. The molecule has 0 aliphatic rings. The second-order valence-corrected chi connectivity index (χ2v) is 9.45. The van der Waals surface area contributed by atoms with Crippen LogP contribution in [-0.4, -0.2) is 14.1 Å². The number of nitro benzene ring substituents is 2. The molecular weight excluding hydrogens is 531 g/mol. The Morgan fingerprint density at radius 2 is 0.972 bits per heavy atom. The summed E-state index contributed by atoms with van der Waals surface area (Å²) in [5.41, 5.74) is -0.205. The van der Waals surface area contributed by atoms with Gasteiger partial charge in [-0.05, 0) is 60.7 Å². The maximum absolute atomic E-state index is 13.7. The predicted octanol–water partition coefficient (Wildman–Crippen LogP) is 7.56. The molecule has 0 aromatic heterocycles. The molecule has 0 atom stereocenters. The van der Waals surface area contributed by atoms with Crippen LogP contribution >= 0.6 is 23.2 Å². The predicted molar refractivity (Wildman–Crippen MR) is 134 cm³/mol. The van der Waals surface area contributed by atoms with E-state index in [9.17, 15) is 24.4 Å². The molecule has 0 aliphatic heterocycles. The second kappa shape index (κ2) is 10.7. The van der Waals surface area contributed by atoms with Crippen molar-refractivity contribution in [2.24, 2.45) is 0 Å². The third kappa shape index (κ3) is 5.80. The number of benzene rings is 4. The molecule has 0 radical (unpaired) electrons. The van der Waals surface area contributed by atoms with E-state index in [1.165, 1.54) is 72.8 Å². The standard InChI is InChI=1S/C24H14Cl2N2O7S/c25-15-1-11-21(34-19-7-3-17(4-8-19)27(29)30)23(13-15)36(33)24-14-16(26)2-12-22(24)35-20-9-5-18(6-10-20)28(31)32/h1-14H. The number of nitrogens with zero attached hydrogens (tertiary/aromatic N) is 2. The van der Waals surface area contributed by atoms with Crippen LogP contribution in [0.15, 0.2) is 94.7 Å². The molecule has 0 amide bonds. The van der Waals surface area contributed by atoms with Gasteiger partial charge in [0.15, 0.2) is 0 Å². The highest BCUT2D eigenvalue weighted by Gasteiger charge is 2.20. The van der Waals surface area contributed by atoms with E-state index in [1.807, 2.05) is 0 Å². The molecule has 4 rings (SSSR count). The summed E-state index contributed by atoms with van der Waals surface area (Å²) in [6, 6.07) is 19.9. The maximum atomic E-state index is 13.7. The van der Waals surface area contributed by atoms with Gasteiger partial charge in [-0.25, -0.2) is 4.21 Å². The molecule has 0 saturated carbocycles. The number of hydrogen-bond acceptors (Lipinski definition) is 7. The van der Waals surface area contributed by atoms with E-state index >= 15 is 0 Å². The van der Waals surface area contributed by atoms with Gasteiger partial charge in [0.1, 0.15) is 23.0 Å². The van der Waals surface area contributed by atoms with Gasteiger partial charge >= 0.3 is 0 Å². The van der Waals surface area contributed by atoms with E-state index in [0.29, 0.717) is 10.0 Å². The van der Waals surface area contributed by atoms with Gasteiger partial charge in [0, 0.05) is 34.3 Å². The quantitative estimate of drug-likeness (QED) is 0.165. The zero-order chi connectivity index (χ0) is 25.8. The van der Waals surface area contributed by atoms with Gasteiger partial charge in [-0.1, -0.05) is 23.2 Å². The monoisotopic (exact) mass is 544 g/mol. The average Bonchev–Trinajstić information content (AvgIpc) is 2.86. The van der Waals surface area contributed by atoms with Crippen LogP contribution in [0.1, 0.15) is 0 Å². The van der Waals surface area contributed by atoms with E-state index in [-0.39, 0.29) is 44.2 Å². The highest BCUT2D eigenvalue weighted by molar-refractivity contribution is 7.85. The Kier molecular flexibility index (Phi) is 7.49. The number of halogens is 2. The molecule has 0 spiro atoms. The van der Waals surface area contributed by atoms with Crippen LogP contribution in [0.5, 0.6) is 23.0 Å². The van der Waals surface area contributed by atoms with Crippen molar-refractivity contribution in [2.75, 3.05) is 0 Å². The fraction of sp³-hybridized carbons (Fsp3) is 0. The molecule has 0 fully saturated rings. The first-order valence-corrected chi connectivity index (χ1v) is 12.0. The summed E-state index contributed by atoms with van der Waals surface area (Å²) in [6.07, 6.45) is 0. The van der Waals surface area contributed by atoms with Gasteiger partial charge in [-0.2, -0.15) is 0 Å². The lowest BCUT2D eigenvalue weighted by Crippen LogP contribution is -2.00. The zero-order valence-electron chi connectivity index (χ0n) is 18.0. The molecule has 0 N–H and O–H groups in total. The molecule has 12 heteroatoms. The highest BCUT2D eigenvalue weighted by Crippen LogP contribution is 2.38. The van der Waals surface area contributed by atoms with Crippen molar-refractivity contribution in [3.05, 3.63) is 115 Å². The van der Waals surface area contributed by atoms with Gasteiger partial charge in [0.2, 0.25) is 0 Å². The molecule has 0 bridgehead atoms. The Labute approximate surface area is 216 Å². The number of ether oxygens (including phenoxy) is 2. The summed E-state index contributed by atoms with van der Waals surface area (Å²) in [5.74, 6) is 0.977. The van der Waals surface area contributed by atoms with Crippen LogP contribution < -0.4 is 9.47 Å². The van der Waals surface area contributed by atoms with Gasteiger partial charge < -0.3 is 9.47 Å². The van der Waals surface area contributed by atoms with Crippen LogP contribution in [-0.2, 0) is 10.8 Å². The first-order valence-electron chi connectivity index (χ1n) is 10.1. The van der Waals surface area contributed by atoms with E-state index in [2.05, 4.69) is 0 Å². The van der Waals surface area contributed by atoms with Crippen molar-refractivity contribution in [2.45, 2.75) is 9.79 Å². The van der Waals surface area contributed by atoms with E-state index in [0.717, 1.165) is 0 Å². The minimum absolute atomic E-state index is 0.103. The Hall–Kier alpha value is -3.99. The Morgan fingerprint density at radius 1 is 0.611 bits per heavy atom. The fourth-order valence-electron chi connectivity index (χ4n) is 3.07. The van der Waals surface area contributed by atoms with E-state index in [4.69, 9.17) is 32.7 Å². The van der Waals surface area contributed by atoms with Crippen LogP contribution in [0.2, 0.25) is 10.0 Å². The topological polar surface area (TPSA) is 122 Å². The lowest BCUT2D eigenvalue weighted by molar-refractivity contribution is -0.385. The normalized spacial score (nSPS) is 10.8. The van der Waals surface area contributed by atoms with Crippen molar-refractivity contribution in [3.63, 3.8) is 0 Å². The maximum Gasteiger partial charge on any atom is 0.269 e. The second-order valence-electron chi connectivity index (χ2n) is 7.16. The molecule has 0 saturated heterocycles. The van der Waals surface area contributed by atoms with Gasteiger partial charge in [-0.15, -0.1) is 0 Å². The Balaban J connectivity index is 1.68. The summed E-state index contributed by atoms with van der Waals surface area (Å²) in [6.45, 7) is 0. The largest absolute Gasteiger partial charge is 0.456 e. The molecule has 4 aromatic carbocycles. The zero-order valence-corrected chi connectivity index (χ0v) is 20.3. The van der Waals surface area contributed by atoms with Crippen LogP contribution in [0, 0.1) is 20.2 Å². The Bertz CT molecular complexity index is 1370. The van der Waals surface area contributed by atoms with Gasteiger partial charge in [-0.3, -0.25) is 20.2 Å². The van der Waals surface area contributed by atoms with Crippen LogP contribution in [0.3, 0.4) is 0 Å². The van der Waals surface area contributed by atoms with Gasteiger partial charge in [0.25, 0.3) is 11.4 Å². The lowest BCUT2D eigenvalue weighted by atomic mass is 10.3. The fourth-order valence-corrected chi connectivity index (χ4v) is 4.83. The third-order valence-corrected chi connectivity index (χ3v) is 6.67. The van der Waals surface area contributed by atoms with Crippen molar-refractivity contribution < 1.29 is 23.5 Å². The van der Waals surface area contributed by atoms with Crippen molar-refractivity contribution in [1.29, 1.82) is 0 Å². The minimum atomic E-state index is -1.90. The molecule has 182 valence electrons. The number of non-ortho nitro benzene ring substituents is 2. The lowest BCUT2D eigenvalue weighted by Gasteiger charge is -2.15. The first kappa shape index (κ1) is 25.1. The third-order valence-electron chi connectivity index (χ3n) is 4.76. The smallest absolute Gasteiger partial charge is 0.269 e. The highest BCUT2D eigenvalue weighted by atomic mass is 35.5. The molecule has 9 nitrogen and oxygen atoms in total. The molecular formula is C24H14Cl2N2O7S. The van der Waals surface area contributed by atoms with Crippen molar-refractivity contribution >= 4 is 45.4 Å². The molecule has 0 unspecified atom stereocenters. The van der Waals surface area contributed by atoms with E-state index < -0.39 is 20.6 Å². The molecule has 0 aliphatic carbocycles. The SMILES string of the molecule is O=[N+]([O-])c1ccc(Oc2ccc(Cl)cc2S(=O)c2cc(Cl)ccc2Oc2ccc([N+](=O)[O-])cc2)cc1. The molecule has 4 aromatic rings. The van der Waals surface area contributed by atoms with E-state index in [1.54, 1.807) is 12.1 Å². The number of hydrogen-bond donors (Lipinski definition) is 0. The number of nitro groups is 2. The Morgan fingerprint density at radius 3 is 1.31 bits per heavy atom. The van der Waals surface area contributed by atoms with Crippen LogP contribution in [0.4, 0.5) is 11.4 Å². The first-order chi connectivity index (χ1) is 17.2. The van der Waals surface area contributed by atoms with Crippen molar-refractivity contribution in [1.82, 2.24) is 0 Å². The van der Waals surface area contributed by atoms with Gasteiger partial charge in [0.05, 0.1) is 30.4 Å². The number of rotatable bonds is 8. The summed E-state index contributed by atoms with van der Waals surface area (Å²) in [4.78, 5) is 21.2. The van der Waals surface area contributed by atoms with Crippen molar-refractivity contribution in [3.8, 4) is 23.0 Å². The molecule has 0 heterocycles. The molecule has 36 heavy (non-hydrogen) atoms. The summed E-state index contributed by atoms with van der Waals surface area (Å²) in [7, 11) is -1.90. The summed E-state index contributed by atoms with van der Waals surface area (Å²) >= 11 is 12.3. The minimum Gasteiger partial charge on any atom is -0.456 e. The summed E-state index contributed by atoms with van der Waals surface area (Å²) in [5, 5.41) is 22.4. The van der Waals surface area contributed by atoms with Crippen LogP contribution in [0.25, 0.3) is 0 Å².